The molecule has 9 heteroatoms. The molecule has 0 spiro atoms. The zero-order chi connectivity index (χ0) is 17.1. The molecule has 2 N–H and O–H groups in total. The number of hydrogen-bond donors (Lipinski definition) is 2. The number of nitrogens with one attached hydrogen (secondary N) is 1. The predicted molar refractivity (Wildman–Crippen MR) is 71.8 cm³/mol. The Morgan fingerprint density at radius 3 is 2.39 bits per heavy atom. The van der Waals surface area contributed by atoms with Crippen LogP contribution in [0.3, 0.4) is 0 Å². The van der Waals surface area contributed by atoms with Crippen LogP contribution in [0.15, 0.2) is 18.2 Å². The van der Waals surface area contributed by atoms with Crippen LogP contribution in [0.25, 0.3) is 0 Å². The van der Waals surface area contributed by atoms with Gasteiger partial charge in [-0.05, 0) is 24.6 Å². The molecule has 120 valence electrons. The Morgan fingerprint density at radius 2 is 1.78 bits per heavy atom. The summed E-state index contributed by atoms with van der Waals surface area (Å²) < 4.78 is 13.2. The van der Waals surface area contributed by atoms with Crippen molar-refractivity contribution in [3.8, 4) is 0 Å². The van der Waals surface area contributed by atoms with Gasteiger partial charge < -0.3 is 5.11 Å². The number of carbonyl (C=O) groups is 5. The molecule has 2 heterocycles. The Morgan fingerprint density at radius 1 is 1.17 bits per heavy atom. The molecule has 0 aliphatic carbocycles. The standard InChI is InChI=1S/C13H9FN2O4.CH2O2/c14-6-1-2-7-8(5-6)13(20)16(12(7)19)9-3-4-10(17)15-11(9)18;2-1-3/h1-2,5,9H,3-4H2,(H,15,17,18);1H,(H,2,3). The molecule has 2 aliphatic rings. The van der Waals surface area contributed by atoms with Crippen molar-refractivity contribution in [3.05, 3.63) is 35.1 Å². The van der Waals surface area contributed by atoms with Gasteiger partial charge >= 0.3 is 0 Å². The molecule has 1 aromatic carbocycles. The molecular weight excluding hydrogens is 311 g/mol. The second-order valence-electron chi connectivity index (χ2n) is 4.74. The van der Waals surface area contributed by atoms with Crippen LogP contribution >= 0.6 is 0 Å². The third-order valence-corrected chi connectivity index (χ3v) is 3.40. The van der Waals surface area contributed by atoms with Gasteiger partial charge in [-0.2, -0.15) is 0 Å². The Balaban J connectivity index is 0.000000595. The molecule has 1 atom stereocenters. The van der Waals surface area contributed by atoms with Crippen LogP contribution in [0.2, 0.25) is 0 Å². The van der Waals surface area contributed by atoms with E-state index in [1.165, 1.54) is 6.07 Å². The number of benzene rings is 1. The lowest BCUT2D eigenvalue weighted by Crippen LogP contribution is -2.54. The maximum atomic E-state index is 13.2. The third kappa shape index (κ3) is 2.93. The molecule has 1 aromatic rings. The first-order chi connectivity index (χ1) is 10.9. The molecule has 1 unspecified atom stereocenters. The largest absolute Gasteiger partial charge is 0.483 e. The molecule has 1 fully saturated rings. The highest BCUT2D eigenvalue weighted by molar-refractivity contribution is 6.23. The van der Waals surface area contributed by atoms with Crippen LogP contribution in [0, 0.1) is 5.82 Å². The molecule has 2 aliphatic heterocycles. The first-order valence-electron chi connectivity index (χ1n) is 6.49. The maximum absolute atomic E-state index is 13.2. The fourth-order valence-electron chi connectivity index (χ4n) is 2.44. The average Bonchev–Trinajstić information content (AvgIpc) is 2.72. The Hall–Kier alpha value is -3.10. The summed E-state index contributed by atoms with van der Waals surface area (Å²) in [6.07, 6.45) is 0.136. The van der Waals surface area contributed by atoms with Crippen molar-refractivity contribution < 1.29 is 33.5 Å². The Labute approximate surface area is 128 Å². The maximum Gasteiger partial charge on any atom is 0.290 e. The van der Waals surface area contributed by atoms with Gasteiger partial charge in [0.15, 0.2) is 0 Å². The van der Waals surface area contributed by atoms with Gasteiger partial charge in [0, 0.05) is 6.42 Å². The summed E-state index contributed by atoms with van der Waals surface area (Å²) in [5, 5.41) is 8.98. The van der Waals surface area contributed by atoms with E-state index >= 15 is 0 Å². The molecule has 8 nitrogen and oxygen atoms in total. The fraction of sp³-hybridized carbons (Fsp3) is 0.214. The van der Waals surface area contributed by atoms with Crippen LogP contribution in [0.4, 0.5) is 4.39 Å². The van der Waals surface area contributed by atoms with Gasteiger partial charge in [0.05, 0.1) is 11.1 Å². The number of amides is 4. The lowest BCUT2D eigenvalue weighted by molar-refractivity contribution is -0.136. The zero-order valence-corrected chi connectivity index (χ0v) is 11.6. The van der Waals surface area contributed by atoms with Crippen molar-refractivity contribution in [2.75, 3.05) is 0 Å². The average molecular weight is 322 g/mol. The summed E-state index contributed by atoms with van der Waals surface area (Å²) in [5.41, 5.74) is 0.0146. The zero-order valence-electron chi connectivity index (χ0n) is 11.6. The number of hydrogen-bond acceptors (Lipinski definition) is 5. The second-order valence-corrected chi connectivity index (χ2v) is 4.74. The summed E-state index contributed by atoms with van der Waals surface area (Å²) in [7, 11) is 0. The van der Waals surface area contributed by atoms with E-state index < -0.39 is 35.5 Å². The minimum absolute atomic E-state index is 0.0537. The van der Waals surface area contributed by atoms with E-state index in [0.29, 0.717) is 0 Å². The minimum atomic E-state index is -1.02. The topological polar surface area (TPSA) is 121 Å². The van der Waals surface area contributed by atoms with E-state index in [4.69, 9.17) is 9.90 Å². The summed E-state index contributed by atoms with van der Waals surface area (Å²) in [5.74, 6) is -3.10. The van der Waals surface area contributed by atoms with Gasteiger partial charge in [-0.1, -0.05) is 0 Å². The van der Waals surface area contributed by atoms with Crippen molar-refractivity contribution in [1.82, 2.24) is 10.2 Å². The van der Waals surface area contributed by atoms with E-state index in [1.54, 1.807) is 0 Å². The molecule has 1 saturated heterocycles. The molecule has 3 rings (SSSR count). The number of imide groups is 2. The highest BCUT2D eigenvalue weighted by Gasteiger charge is 2.44. The lowest BCUT2D eigenvalue weighted by Gasteiger charge is -2.27. The lowest BCUT2D eigenvalue weighted by atomic mass is 10.0. The van der Waals surface area contributed by atoms with Gasteiger partial charge in [0.1, 0.15) is 11.9 Å². The SMILES string of the molecule is O=C1CCC(N2C(=O)c3ccc(F)cc3C2=O)C(=O)N1.O=CO. The number of halogens is 1. The molecule has 0 saturated carbocycles. The number of carboxylic acid groups (broad SMARTS) is 1. The van der Waals surface area contributed by atoms with Crippen LogP contribution in [-0.2, 0) is 14.4 Å². The van der Waals surface area contributed by atoms with Crippen molar-refractivity contribution in [2.24, 2.45) is 0 Å². The molecule has 4 amide bonds. The number of nitrogens with zero attached hydrogens (tertiary/aromatic N) is 1. The summed E-state index contributed by atoms with van der Waals surface area (Å²) >= 11 is 0. The van der Waals surface area contributed by atoms with Gasteiger partial charge in [-0.25, -0.2) is 4.39 Å². The monoisotopic (exact) mass is 322 g/mol. The van der Waals surface area contributed by atoms with E-state index in [9.17, 15) is 23.6 Å². The highest BCUT2D eigenvalue weighted by atomic mass is 19.1. The fourth-order valence-corrected chi connectivity index (χ4v) is 2.44. The quantitative estimate of drug-likeness (QED) is 0.551. The minimum Gasteiger partial charge on any atom is -0.483 e. The third-order valence-electron chi connectivity index (χ3n) is 3.40. The number of carbonyl (C=O) groups excluding carboxylic acids is 4. The molecule has 0 aromatic heterocycles. The Kier molecular flexibility index (Phi) is 4.49. The van der Waals surface area contributed by atoms with Crippen molar-refractivity contribution >= 4 is 30.1 Å². The summed E-state index contributed by atoms with van der Waals surface area (Å²) in [6.45, 7) is -0.250. The highest BCUT2D eigenvalue weighted by Crippen LogP contribution is 2.27. The predicted octanol–water partition coefficient (Wildman–Crippen LogP) is -0.0723. The van der Waals surface area contributed by atoms with E-state index in [-0.39, 0.29) is 30.4 Å². The van der Waals surface area contributed by atoms with Crippen molar-refractivity contribution in [2.45, 2.75) is 18.9 Å². The van der Waals surface area contributed by atoms with Crippen molar-refractivity contribution in [3.63, 3.8) is 0 Å². The summed E-state index contributed by atoms with van der Waals surface area (Å²) in [6, 6.07) is 2.25. The first-order valence-corrected chi connectivity index (χ1v) is 6.49. The van der Waals surface area contributed by atoms with Crippen LogP contribution in [-0.4, -0.2) is 46.1 Å². The number of piperidine rings is 1. The van der Waals surface area contributed by atoms with Crippen LogP contribution in [0.1, 0.15) is 33.6 Å². The van der Waals surface area contributed by atoms with E-state index in [2.05, 4.69) is 5.32 Å². The first kappa shape index (κ1) is 16.3. The van der Waals surface area contributed by atoms with Gasteiger partial charge in [-0.3, -0.25) is 34.2 Å². The summed E-state index contributed by atoms with van der Waals surface area (Å²) in [4.78, 5) is 56.3. The van der Waals surface area contributed by atoms with E-state index in [0.717, 1.165) is 17.0 Å². The molecular formula is C14H11FN2O6. The smallest absolute Gasteiger partial charge is 0.290 e. The normalized spacial score (nSPS) is 19.7. The second kappa shape index (κ2) is 6.34. The molecule has 23 heavy (non-hydrogen) atoms. The van der Waals surface area contributed by atoms with Crippen LogP contribution < -0.4 is 5.32 Å². The van der Waals surface area contributed by atoms with E-state index in [1.807, 2.05) is 0 Å². The van der Waals surface area contributed by atoms with Gasteiger partial charge in [0.25, 0.3) is 18.3 Å². The van der Waals surface area contributed by atoms with Gasteiger partial charge in [-0.15, -0.1) is 0 Å². The van der Waals surface area contributed by atoms with Crippen LogP contribution in [0.5, 0.6) is 0 Å². The number of rotatable bonds is 1. The van der Waals surface area contributed by atoms with Gasteiger partial charge in [0.2, 0.25) is 11.8 Å². The number of fused-ring (bicyclic) bond motifs is 1. The Bertz CT molecular complexity index is 717. The molecule has 0 radical (unpaired) electrons. The molecule has 0 bridgehead atoms. The van der Waals surface area contributed by atoms with Crippen molar-refractivity contribution in [1.29, 1.82) is 0 Å².